The molecular formula is C27H32N2O4S. The number of rotatable bonds is 9. The number of ether oxygens (including phenoxy) is 1. The maximum atomic E-state index is 12.5. The van der Waals surface area contributed by atoms with Crippen LogP contribution in [-0.4, -0.2) is 33.7 Å². The van der Waals surface area contributed by atoms with Gasteiger partial charge < -0.3 is 10.1 Å². The maximum Gasteiger partial charge on any atom is 0.251 e. The predicted octanol–water partition coefficient (Wildman–Crippen LogP) is 4.70. The van der Waals surface area contributed by atoms with Gasteiger partial charge in [-0.25, -0.2) is 8.42 Å². The second-order valence-electron chi connectivity index (χ2n) is 8.74. The lowest BCUT2D eigenvalue weighted by Gasteiger charge is -2.23. The predicted molar refractivity (Wildman–Crippen MR) is 137 cm³/mol. The lowest BCUT2D eigenvalue weighted by Crippen LogP contribution is -2.30. The number of hydrogen-bond acceptors (Lipinski definition) is 4. The third-order valence-corrected chi connectivity index (χ3v) is 6.43. The minimum absolute atomic E-state index is 0.188. The first-order valence-electron chi connectivity index (χ1n) is 11.2. The summed E-state index contributed by atoms with van der Waals surface area (Å²) in [5.74, 6) is 0.584. The molecule has 0 spiro atoms. The summed E-state index contributed by atoms with van der Waals surface area (Å²) in [7, 11) is -3.48. The van der Waals surface area contributed by atoms with Crippen molar-refractivity contribution >= 4 is 21.6 Å². The van der Waals surface area contributed by atoms with Crippen molar-refractivity contribution < 1.29 is 17.9 Å². The van der Waals surface area contributed by atoms with Gasteiger partial charge in [-0.05, 0) is 91.9 Å². The van der Waals surface area contributed by atoms with Gasteiger partial charge >= 0.3 is 0 Å². The zero-order valence-corrected chi connectivity index (χ0v) is 21.2. The van der Waals surface area contributed by atoms with Gasteiger partial charge in [0.05, 0.1) is 25.0 Å². The Morgan fingerprint density at radius 1 is 0.853 bits per heavy atom. The number of anilines is 1. The average Bonchev–Trinajstić information content (AvgIpc) is 2.73. The highest BCUT2D eigenvalue weighted by molar-refractivity contribution is 7.92. The van der Waals surface area contributed by atoms with Gasteiger partial charge in [0.25, 0.3) is 5.91 Å². The molecule has 0 heterocycles. The molecule has 3 aromatic rings. The van der Waals surface area contributed by atoms with E-state index < -0.39 is 10.0 Å². The highest BCUT2D eigenvalue weighted by Gasteiger charge is 2.19. The first-order valence-corrected chi connectivity index (χ1v) is 13.0. The van der Waals surface area contributed by atoms with Gasteiger partial charge in [-0.1, -0.05) is 24.3 Å². The van der Waals surface area contributed by atoms with Crippen LogP contribution in [-0.2, 0) is 16.6 Å². The van der Waals surface area contributed by atoms with Crippen molar-refractivity contribution in [3.63, 3.8) is 0 Å². The molecule has 0 aliphatic heterocycles. The van der Waals surface area contributed by atoms with Crippen LogP contribution in [0.5, 0.6) is 5.75 Å². The SMILES string of the molecule is Cc1cc(C)cc(OCCNC(=O)c2ccc(CN(c3cc(C)cc(C)c3)S(C)(=O)=O)cc2)c1. The number of sulfonamides is 1. The second-order valence-corrected chi connectivity index (χ2v) is 10.6. The number of nitrogens with zero attached hydrogens (tertiary/aromatic N) is 1. The molecule has 7 heteroatoms. The number of aryl methyl sites for hydroxylation is 4. The molecule has 0 atom stereocenters. The Kier molecular flexibility index (Phi) is 7.99. The van der Waals surface area contributed by atoms with Gasteiger partial charge in [0, 0.05) is 5.56 Å². The van der Waals surface area contributed by atoms with E-state index in [0.717, 1.165) is 33.6 Å². The average molecular weight is 481 g/mol. The quantitative estimate of drug-likeness (QED) is 0.451. The van der Waals surface area contributed by atoms with Gasteiger partial charge in [0.2, 0.25) is 10.0 Å². The van der Waals surface area contributed by atoms with Crippen molar-refractivity contribution in [3.05, 3.63) is 94.0 Å². The Morgan fingerprint density at radius 2 is 1.38 bits per heavy atom. The van der Waals surface area contributed by atoms with Crippen LogP contribution in [0.1, 0.15) is 38.2 Å². The van der Waals surface area contributed by atoms with E-state index in [0.29, 0.717) is 24.4 Å². The Hall–Kier alpha value is -3.32. The smallest absolute Gasteiger partial charge is 0.251 e. The van der Waals surface area contributed by atoms with Crippen LogP contribution >= 0.6 is 0 Å². The molecule has 0 bridgehead atoms. The summed E-state index contributed by atoms with van der Waals surface area (Å²) < 4.78 is 32.1. The third-order valence-electron chi connectivity index (χ3n) is 5.29. The molecule has 0 aromatic heterocycles. The summed E-state index contributed by atoms with van der Waals surface area (Å²) in [4.78, 5) is 12.5. The van der Waals surface area contributed by atoms with E-state index in [1.54, 1.807) is 24.3 Å². The van der Waals surface area contributed by atoms with Gasteiger partial charge in [-0.15, -0.1) is 0 Å². The minimum Gasteiger partial charge on any atom is -0.492 e. The molecule has 0 radical (unpaired) electrons. The standard InChI is InChI=1S/C27H32N2O4S/c1-19-12-20(2)15-25(14-19)29(34(5,31)32)18-23-6-8-24(9-7-23)27(30)28-10-11-33-26-16-21(3)13-22(4)17-26/h6-9,12-17H,10-11,18H2,1-5H3,(H,28,30). The molecule has 1 amide bonds. The van der Waals surface area contributed by atoms with Gasteiger partial charge in [0.1, 0.15) is 12.4 Å². The molecule has 1 N–H and O–H groups in total. The molecule has 0 saturated carbocycles. The minimum atomic E-state index is -3.48. The van der Waals surface area contributed by atoms with E-state index in [4.69, 9.17) is 4.74 Å². The monoisotopic (exact) mass is 480 g/mol. The van der Waals surface area contributed by atoms with Crippen molar-refractivity contribution in [3.8, 4) is 5.75 Å². The van der Waals surface area contributed by atoms with Crippen LogP contribution in [0.2, 0.25) is 0 Å². The van der Waals surface area contributed by atoms with Crippen molar-refractivity contribution in [1.29, 1.82) is 0 Å². The molecule has 6 nitrogen and oxygen atoms in total. The molecule has 0 aliphatic carbocycles. The topological polar surface area (TPSA) is 75.7 Å². The molecule has 3 rings (SSSR count). The molecule has 0 saturated heterocycles. The number of carbonyl (C=O) groups excluding carboxylic acids is 1. The van der Waals surface area contributed by atoms with Crippen molar-refractivity contribution in [1.82, 2.24) is 5.32 Å². The van der Waals surface area contributed by atoms with Crippen LogP contribution < -0.4 is 14.4 Å². The number of amides is 1. The third kappa shape index (κ3) is 7.09. The molecular weight excluding hydrogens is 448 g/mol. The highest BCUT2D eigenvalue weighted by atomic mass is 32.2. The Labute approximate surface area is 202 Å². The van der Waals surface area contributed by atoms with Crippen molar-refractivity contribution in [2.75, 3.05) is 23.7 Å². The van der Waals surface area contributed by atoms with E-state index in [1.165, 1.54) is 10.6 Å². The molecule has 180 valence electrons. The summed E-state index contributed by atoms with van der Waals surface area (Å²) in [6.45, 7) is 8.85. The Morgan fingerprint density at radius 3 is 1.91 bits per heavy atom. The van der Waals surface area contributed by atoms with Crippen molar-refractivity contribution in [2.24, 2.45) is 0 Å². The molecule has 0 fully saturated rings. The van der Waals surface area contributed by atoms with Gasteiger partial charge in [0.15, 0.2) is 0 Å². The molecule has 3 aromatic carbocycles. The fraction of sp³-hybridized carbons (Fsp3) is 0.296. The lowest BCUT2D eigenvalue weighted by atomic mass is 10.1. The van der Waals surface area contributed by atoms with Crippen LogP contribution in [0.3, 0.4) is 0 Å². The number of nitrogens with one attached hydrogen (secondary N) is 1. The summed E-state index contributed by atoms with van der Waals surface area (Å²) >= 11 is 0. The van der Waals surface area contributed by atoms with Crippen molar-refractivity contribution in [2.45, 2.75) is 34.2 Å². The second kappa shape index (κ2) is 10.7. The van der Waals surface area contributed by atoms with E-state index >= 15 is 0 Å². The highest BCUT2D eigenvalue weighted by Crippen LogP contribution is 2.24. The zero-order valence-electron chi connectivity index (χ0n) is 20.4. The van der Waals surface area contributed by atoms with Crippen LogP contribution in [0, 0.1) is 27.7 Å². The Balaban J connectivity index is 1.60. The van der Waals surface area contributed by atoms with E-state index in [1.807, 2.05) is 58.0 Å². The lowest BCUT2D eigenvalue weighted by molar-refractivity contribution is 0.0947. The van der Waals surface area contributed by atoms with Crippen LogP contribution in [0.15, 0.2) is 60.7 Å². The Bertz CT molecular complexity index is 1230. The van der Waals surface area contributed by atoms with E-state index in [-0.39, 0.29) is 12.5 Å². The van der Waals surface area contributed by atoms with E-state index in [2.05, 4.69) is 11.4 Å². The van der Waals surface area contributed by atoms with Gasteiger partial charge in [-0.3, -0.25) is 9.10 Å². The normalized spacial score (nSPS) is 11.2. The fourth-order valence-corrected chi connectivity index (χ4v) is 4.75. The summed E-state index contributed by atoms with van der Waals surface area (Å²) in [6, 6.07) is 18.7. The van der Waals surface area contributed by atoms with E-state index in [9.17, 15) is 13.2 Å². The summed E-state index contributed by atoms with van der Waals surface area (Å²) in [6.07, 6.45) is 1.20. The first kappa shape index (κ1) is 25.3. The number of hydrogen-bond donors (Lipinski definition) is 1. The van der Waals surface area contributed by atoms with Crippen LogP contribution in [0.25, 0.3) is 0 Å². The molecule has 34 heavy (non-hydrogen) atoms. The molecule has 0 aliphatic rings. The molecule has 0 unspecified atom stereocenters. The summed E-state index contributed by atoms with van der Waals surface area (Å²) in [5.41, 5.74) is 6.18. The first-order chi connectivity index (χ1) is 16.0. The fourth-order valence-electron chi connectivity index (χ4n) is 3.87. The number of benzene rings is 3. The zero-order chi connectivity index (χ0) is 24.9. The number of carbonyl (C=O) groups is 1. The summed E-state index contributed by atoms with van der Waals surface area (Å²) in [5, 5.41) is 2.85. The van der Waals surface area contributed by atoms with Crippen LogP contribution in [0.4, 0.5) is 5.69 Å². The largest absolute Gasteiger partial charge is 0.492 e. The van der Waals surface area contributed by atoms with Gasteiger partial charge in [-0.2, -0.15) is 0 Å². The maximum absolute atomic E-state index is 12.5.